The van der Waals surface area contributed by atoms with Crippen molar-refractivity contribution in [1.29, 1.82) is 0 Å². The zero-order chi connectivity index (χ0) is 17.6. The fraction of sp³-hybridized carbons (Fsp3) is 0.438. The van der Waals surface area contributed by atoms with Gasteiger partial charge in [-0.05, 0) is 38.5 Å². The summed E-state index contributed by atoms with van der Waals surface area (Å²) < 4.78 is 0. The molecule has 0 aliphatic carbocycles. The quantitative estimate of drug-likeness (QED) is 0.747. The van der Waals surface area contributed by atoms with Crippen molar-refractivity contribution in [1.82, 2.24) is 10.2 Å². The molecule has 0 saturated heterocycles. The van der Waals surface area contributed by atoms with Crippen LogP contribution in [-0.4, -0.2) is 47.5 Å². The van der Waals surface area contributed by atoms with Crippen molar-refractivity contribution in [3.05, 3.63) is 29.3 Å². The molecule has 0 saturated carbocycles. The smallest absolute Gasteiger partial charge is 0.321 e. The molecule has 3 N–H and O–H groups in total. The van der Waals surface area contributed by atoms with Crippen LogP contribution in [0.15, 0.2) is 18.2 Å². The van der Waals surface area contributed by atoms with Gasteiger partial charge in [-0.15, -0.1) is 0 Å². The van der Waals surface area contributed by atoms with E-state index in [9.17, 15) is 14.4 Å². The molecule has 0 atom stereocenters. The van der Waals surface area contributed by atoms with Gasteiger partial charge in [0.1, 0.15) is 0 Å². The van der Waals surface area contributed by atoms with E-state index in [1.807, 2.05) is 20.8 Å². The third kappa shape index (κ3) is 5.98. The molecule has 126 valence electrons. The van der Waals surface area contributed by atoms with E-state index in [4.69, 9.17) is 5.11 Å². The van der Waals surface area contributed by atoms with Crippen molar-refractivity contribution in [2.24, 2.45) is 0 Å². The molecule has 0 radical (unpaired) electrons. The summed E-state index contributed by atoms with van der Waals surface area (Å²) in [7, 11) is 1.51. The summed E-state index contributed by atoms with van der Waals surface area (Å²) >= 11 is 0. The lowest BCUT2D eigenvalue weighted by atomic mass is 10.1. The van der Waals surface area contributed by atoms with Gasteiger partial charge in [-0.1, -0.05) is 6.07 Å². The Kier molecular flexibility index (Phi) is 6.56. The SMILES string of the molecule is Cc1ccc(NC(=O)N(C)CCC(=O)O)cc1C(=O)NC(C)C. The number of carbonyl (C=O) groups excluding carboxylic acids is 2. The van der Waals surface area contributed by atoms with Crippen LogP contribution in [0.2, 0.25) is 0 Å². The number of nitrogens with zero attached hydrogens (tertiary/aromatic N) is 1. The van der Waals surface area contributed by atoms with Crippen molar-refractivity contribution in [3.63, 3.8) is 0 Å². The minimum atomic E-state index is -0.965. The molecule has 7 nitrogen and oxygen atoms in total. The number of aryl methyl sites for hydroxylation is 1. The Labute approximate surface area is 135 Å². The molecule has 1 rings (SSSR count). The van der Waals surface area contributed by atoms with Crippen LogP contribution < -0.4 is 10.6 Å². The van der Waals surface area contributed by atoms with Crippen molar-refractivity contribution >= 4 is 23.6 Å². The van der Waals surface area contributed by atoms with Crippen LogP contribution in [0, 0.1) is 6.92 Å². The first kappa shape index (κ1) is 18.5. The number of benzene rings is 1. The summed E-state index contributed by atoms with van der Waals surface area (Å²) in [4.78, 5) is 35.9. The lowest BCUT2D eigenvalue weighted by molar-refractivity contribution is -0.137. The lowest BCUT2D eigenvalue weighted by Crippen LogP contribution is -2.33. The van der Waals surface area contributed by atoms with E-state index in [1.165, 1.54) is 11.9 Å². The van der Waals surface area contributed by atoms with E-state index < -0.39 is 12.0 Å². The van der Waals surface area contributed by atoms with Crippen LogP contribution in [0.25, 0.3) is 0 Å². The lowest BCUT2D eigenvalue weighted by Gasteiger charge is -2.18. The molecule has 0 fully saturated rings. The number of carboxylic acids is 1. The Bertz CT molecular complexity index is 599. The van der Waals surface area contributed by atoms with Crippen LogP contribution in [0.1, 0.15) is 36.2 Å². The second-order valence-electron chi connectivity index (χ2n) is 5.65. The third-order valence-electron chi connectivity index (χ3n) is 3.16. The highest BCUT2D eigenvalue weighted by atomic mass is 16.4. The van der Waals surface area contributed by atoms with E-state index in [0.717, 1.165) is 5.56 Å². The molecule has 1 aromatic carbocycles. The van der Waals surface area contributed by atoms with Gasteiger partial charge in [-0.2, -0.15) is 0 Å². The van der Waals surface area contributed by atoms with E-state index in [0.29, 0.717) is 11.3 Å². The molecule has 1 aromatic rings. The Morgan fingerprint density at radius 1 is 1.26 bits per heavy atom. The molecule has 0 heterocycles. The summed E-state index contributed by atoms with van der Waals surface area (Å²) in [6, 6.07) is 4.65. The molecule has 3 amide bonds. The Hall–Kier alpha value is -2.57. The van der Waals surface area contributed by atoms with Gasteiger partial charge >= 0.3 is 12.0 Å². The molecule has 0 unspecified atom stereocenters. The summed E-state index contributed by atoms with van der Waals surface area (Å²) in [5.74, 6) is -1.17. The van der Waals surface area contributed by atoms with Crippen LogP contribution in [-0.2, 0) is 4.79 Å². The van der Waals surface area contributed by atoms with Crippen molar-refractivity contribution in [3.8, 4) is 0 Å². The summed E-state index contributed by atoms with van der Waals surface area (Å²) in [6.45, 7) is 5.67. The highest BCUT2D eigenvalue weighted by Gasteiger charge is 2.14. The van der Waals surface area contributed by atoms with Crippen LogP contribution in [0.5, 0.6) is 0 Å². The van der Waals surface area contributed by atoms with Gasteiger partial charge in [0.25, 0.3) is 5.91 Å². The fourth-order valence-corrected chi connectivity index (χ4v) is 1.87. The molecule has 23 heavy (non-hydrogen) atoms. The second-order valence-corrected chi connectivity index (χ2v) is 5.65. The van der Waals surface area contributed by atoms with Crippen LogP contribution >= 0.6 is 0 Å². The molecule has 0 bridgehead atoms. The number of nitrogens with one attached hydrogen (secondary N) is 2. The zero-order valence-corrected chi connectivity index (χ0v) is 13.8. The number of aliphatic carboxylic acids is 1. The fourth-order valence-electron chi connectivity index (χ4n) is 1.87. The first-order chi connectivity index (χ1) is 10.7. The largest absolute Gasteiger partial charge is 0.481 e. The van der Waals surface area contributed by atoms with E-state index in [2.05, 4.69) is 10.6 Å². The maximum Gasteiger partial charge on any atom is 0.321 e. The first-order valence-corrected chi connectivity index (χ1v) is 7.36. The molecule has 0 aliphatic rings. The monoisotopic (exact) mass is 321 g/mol. The molecule has 0 aromatic heterocycles. The van der Waals surface area contributed by atoms with Gasteiger partial charge in [-0.25, -0.2) is 4.79 Å². The minimum Gasteiger partial charge on any atom is -0.481 e. The summed E-state index contributed by atoms with van der Waals surface area (Å²) in [5, 5.41) is 14.1. The minimum absolute atomic E-state index is 0.0160. The van der Waals surface area contributed by atoms with Gasteiger partial charge in [0.2, 0.25) is 0 Å². The van der Waals surface area contributed by atoms with Crippen molar-refractivity contribution in [2.45, 2.75) is 33.2 Å². The second kappa shape index (κ2) is 8.17. The standard InChI is InChI=1S/C16H23N3O4/c1-10(2)17-15(22)13-9-12(6-5-11(13)3)18-16(23)19(4)8-7-14(20)21/h5-6,9-10H,7-8H2,1-4H3,(H,17,22)(H,18,23)(H,20,21). The number of hydrogen-bond donors (Lipinski definition) is 3. The number of carbonyl (C=O) groups is 3. The van der Waals surface area contributed by atoms with Gasteiger partial charge in [-0.3, -0.25) is 9.59 Å². The Morgan fingerprint density at radius 3 is 2.48 bits per heavy atom. The number of rotatable bonds is 6. The molecular weight excluding hydrogens is 298 g/mol. The van der Waals surface area contributed by atoms with Gasteiger partial charge < -0.3 is 20.6 Å². The highest BCUT2D eigenvalue weighted by molar-refractivity contribution is 5.98. The van der Waals surface area contributed by atoms with Gasteiger partial charge in [0, 0.05) is 30.9 Å². The van der Waals surface area contributed by atoms with E-state index in [-0.39, 0.29) is 24.9 Å². The van der Waals surface area contributed by atoms with Crippen molar-refractivity contribution in [2.75, 3.05) is 18.9 Å². The Balaban J connectivity index is 2.79. The first-order valence-electron chi connectivity index (χ1n) is 7.36. The Morgan fingerprint density at radius 2 is 1.91 bits per heavy atom. The number of anilines is 1. The molecule has 0 spiro atoms. The molecular formula is C16H23N3O4. The maximum atomic E-state index is 12.1. The number of amides is 3. The average molecular weight is 321 g/mol. The average Bonchev–Trinajstić information content (AvgIpc) is 2.45. The third-order valence-corrected chi connectivity index (χ3v) is 3.16. The molecule has 0 aliphatic heterocycles. The maximum absolute atomic E-state index is 12.1. The number of carboxylic acid groups (broad SMARTS) is 1. The van der Waals surface area contributed by atoms with Crippen LogP contribution in [0.4, 0.5) is 10.5 Å². The molecule has 7 heteroatoms. The zero-order valence-electron chi connectivity index (χ0n) is 13.8. The predicted octanol–water partition coefficient (Wildman–Crippen LogP) is 2.07. The van der Waals surface area contributed by atoms with Gasteiger partial charge in [0.05, 0.1) is 6.42 Å². The van der Waals surface area contributed by atoms with E-state index >= 15 is 0 Å². The normalized spacial score (nSPS) is 10.3. The van der Waals surface area contributed by atoms with Gasteiger partial charge in [0.15, 0.2) is 0 Å². The summed E-state index contributed by atoms with van der Waals surface area (Å²) in [5.41, 5.74) is 1.78. The summed E-state index contributed by atoms with van der Waals surface area (Å²) in [6.07, 6.45) is -0.125. The number of urea groups is 1. The van der Waals surface area contributed by atoms with E-state index in [1.54, 1.807) is 18.2 Å². The van der Waals surface area contributed by atoms with Crippen molar-refractivity contribution < 1.29 is 19.5 Å². The topological polar surface area (TPSA) is 98.7 Å². The van der Waals surface area contributed by atoms with Crippen LogP contribution in [0.3, 0.4) is 0 Å². The number of hydrogen-bond acceptors (Lipinski definition) is 3. The highest BCUT2D eigenvalue weighted by Crippen LogP contribution is 2.16. The predicted molar refractivity (Wildman–Crippen MR) is 87.7 cm³/mol.